The maximum absolute atomic E-state index is 9.21. The average Bonchev–Trinajstić information content (AvgIpc) is 2.83. The second-order valence-electron chi connectivity index (χ2n) is 6.33. The summed E-state index contributed by atoms with van der Waals surface area (Å²) < 4.78 is 0. The van der Waals surface area contributed by atoms with Gasteiger partial charge in [-0.3, -0.25) is 0 Å². The van der Waals surface area contributed by atoms with E-state index in [0.717, 1.165) is 11.4 Å². The van der Waals surface area contributed by atoms with Crippen molar-refractivity contribution in [3.8, 4) is 6.07 Å². The summed E-state index contributed by atoms with van der Waals surface area (Å²) in [7, 11) is 0. The Morgan fingerprint density at radius 3 is 2.58 bits per heavy atom. The minimum atomic E-state index is 0.452. The van der Waals surface area contributed by atoms with E-state index in [4.69, 9.17) is 0 Å². The van der Waals surface area contributed by atoms with Gasteiger partial charge in [-0.25, -0.2) is 4.98 Å². The molecule has 1 saturated carbocycles. The highest BCUT2D eigenvalue weighted by Crippen LogP contribution is 2.23. The largest absolute Gasteiger partial charge is 0.351 e. The molecule has 0 spiro atoms. The van der Waals surface area contributed by atoms with Crippen molar-refractivity contribution in [1.29, 1.82) is 5.26 Å². The second-order valence-corrected chi connectivity index (χ2v) is 6.33. The lowest BCUT2D eigenvalue weighted by Gasteiger charge is -2.17. The Balaban J connectivity index is 1.77. The molecule has 1 heterocycles. The minimum Gasteiger partial charge on any atom is -0.351 e. The van der Waals surface area contributed by atoms with Crippen molar-refractivity contribution < 1.29 is 0 Å². The van der Waals surface area contributed by atoms with Crippen LogP contribution in [0.1, 0.15) is 49.8 Å². The predicted molar refractivity (Wildman–Crippen MR) is 96.3 cm³/mol. The molecule has 1 aromatic heterocycles. The summed E-state index contributed by atoms with van der Waals surface area (Å²) in [6, 6.07) is 12.0. The third-order valence-corrected chi connectivity index (χ3v) is 4.35. The quantitative estimate of drug-likeness (QED) is 0.809. The first kappa shape index (κ1) is 16.3. The molecule has 2 aromatic rings. The zero-order valence-electron chi connectivity index (χ0n) is 14.0. The molecule has 0 aliphatic heterocycles. The number of nitriles is 1. The summed E-state index contributed by atoms with van der Waals surface area (Å²) in [4.78, 5) is 9.10. The SMILES string of the molecule is Cc1cc(Nc2ccccc2C#N)nc(NC2CCCCCC2)n1. The summed E-state index contributed by atoms with van der Waals surface area (Å²) in [6.45, 7) is 1.96. The Labute approximate surface area is 143 Å². The average molecular weight is 321 g/mol. The highest BCUT2D eigenvalue weighted by Gasteiger charge is 2.14. The molecule has 124 valence electrons. The van der Waals surface area contributed by atoms with Crippen molar-refractivity contribution >= 4 is 17.5 Å². The van der Waals surface area contributed by atoms with E-state index in [1.54, 1.807) is 6.07 Å². The molecule has 0 radical (unpaired) electrons. The van der Waals surface area contributed by atoms with Crippen molar-refractivity contribution in [2.45, 2.75) is 51.5 Å². The molecule has 1 aromatic carbocycles. The molecule has 0 bridgehead atoms. The van der Waals surface area contributed by atoms with Gasteiger partial charge in [0.1, 0.15) is 11.9 Å². The normalized spacial score (nSPS) is 15.3. The van der Waals surface area contributed by atoms with Crippen molar-refractivity contribution in [3.63, 3.8) is 0 Å². The lowest BCUT2D eigenvalue weighted by molar-refractivity contribution is 0.614. The number of para-hydroxylation sites is 1. The number of hydrogen-bond acceptors (Lipinski definition) is 5. The van der Waals surface area contributed by atoms with Crippen LogP contribution in [0.15, 0.2) is 30.3 Å². The summed E-state index contributed by atoms with van der Waals surface area (Å²) in [5.74, 6) is 1.38. The maximum atomic E-state index is 9.21. The Kier molecular flexibility index (Phi) is 5.27. The van der Waals surface area contributed by atoms with Gasteiger partial charge in [0.05, 0.1) is 11.3 Å². The molecule has 0 unspecified atom stereocenters. The highest BCUT2D eigenvalue weighted by molar-refractivity contribution is 5.65. The first-order chi connectivity index (χ1) is 11.7. The van der Waals surface area contributed by atoms with Gasteiger partial charge in [-0.15, -0.1) is 0 Å². The van der Waals surface area contributed by atoms with Crippen LogP contribution in [0.3, 0.4) is 0 Å². The fraction of sp³-hybridized carbons (Fsp3) is 0.421. The van der Waals surface area contributed by atoms with Crippen molar-refractivity contribution in [1.82, 2.24) is 9.97 Å². The van der Waals surface area contributed by atoms with Crippen LogP contribution >= 0.6 is 0 Å². The lowest BCUT2D eigenvalue weighted by Crippen LogP contribution is -2.20. The summed E-state index contributed by atoms with van der Waals surface area (Å²) in [5.41, 5.74) is 2.27. The smallest absolute Gasteiger partial charge is 0.225 e. The maximum Gasteiger partial charge on any atom is 0.225 e. The van der Waals surface area contributed by atoms with Crippen LogP contribution in [0, 0.1) is 18.3 Å². The monoisotopic (exact) mass is 321 g/mol. The molecule has 1 fully saturated rings. The van der Waals surface area contributed by atoms with Gasteiger partial charge in [0.25, 0.3) is 0 Å². The molecular weight excluding hydrogens is 298 g/mol. The molecule has 0 amide bonds. The van der Waals surface area contributed by atoms with Gasteiger partial charge in [0.2, 0.25) is 5.95 Å². The lowest BCUT2D eigenvalue weighted by atomic mass is 10.1. The fourth-order valence-corrected chi connectivity index (χ4v) is 3.13. The zero-order valence-corrected chi connectivity index (χ0v) is 14.0. The molecule has 5 heteroatoms. The van der Waals surface area contributed by atoms with E-state index in [9.17, 15) is 5.26 Å². The molecular formula is C19H23N5. The standard InChI is InChI=1S/C19H23N5/c1-14-12-18(23-17-11-7-6-8-15(17)13-20)24-19(21-14)22-16-9-4-2-3-5-10-16/h6-8,11-12,16H,2-5,9-10H2,1H3,(H2,21,22,23,24). The van der Waals surface area contributed by atoms with Gasteiger partial charge in [-0.05, 0) is 31.9 Å². The Hall–Kier alpha value is -2.61. The van der Waals surface area contributed by atoms with Crippen LogP contribution < -0.4 is 10.6 Å². The topological polar surface area (TPSA) is 73.6 Å². The van der Waals surface area contributed by atoms with Gasteiger partial charge in [-0.1, -0.05) is 37.8 Å². The van der Waals surface area contributed by atoms with E-state index in [0.29, 0.717) is 23.4 Å². The number of nitrogens with one attached hydrogen (secondary N) is 2. The highest BCUT2D eigenvalue weighted by atomic mass is 15.2. The second kappa shape index (κ2) is 7.78. The number of aromatic nitrogens is 2. The summed E-state index contributed by atoms with van der Waals surface area (Å²) in [5, 5.41) is 15.9. The van der Waals surface area contributed by atoms with Crippen LogP contribution in [0.2, 0.25) is 0 Å². The van der Waals surface area contributed by atoms with Gasteiger partial charge in [0.15, 0.2) is 0 Å². The van der Waals surface area contributed by atoms with Crippen molar-refractivity contribution in [3.05, 3.63) is 41.6 Å². The first-order valence-electron chi connectivity index (χ1n) is 8.63. The number of benzene rings is 1. The van der Waals surface area contributed by atoms with Crippen molar-refractivity contribution in [2.75, 3.05) is 10.6 Å². The van der Waals surface area contributed by atoms with E-state index in [1.165, 1.54) is 38.5 Å². The molecule has 0 saturated heterocycles. The predicted octanol–water partition coefficient (Wildman–Crippen LogP) is 4.54. The van der Waals surface area contributed by atoms with Crippen LogP contribution in [0.5, 0.6) is 0 Å². The molecule has 24 heavy (non-hydrogen) atoms. The molecule has 2 N–H and O–H groups in total. The summed E-state index contributed by atoms with van der Waals surface area (Å²) in [6.07, 6.45) is 7.54. The Morgan fingerprint density at radius 2 is 1.83 bits per heavy atom. The van der Waals surface area contributed by atoms with E-state index in [2.05, 4.69) is 26.7 Å². The molecule has 5 nitrogen and oxygen atoms in total. The number of nitrogens with zero attached hydrogens (tertiary/aromatic N) is 3. The van der Waals surface area contributed by atoms with E-state index < -0.39 is 0 Å². The fourth-order valence-electron chi connectivity index (χ4n) is 3.13. The third kappa shape index (κ3) is 4.23. The third-order valence-electron chi connectivity index (χ3n) is 4.35. The zero-order chi connectivity index (χ0) is 16.8. The molecule has 0 atom stereocenters. The van der Waals surface area contributed by atoms with Crippen LogP contribution in [-0.4, -0.2) is 16.0 Å². The number of anilines is 3. The molecule has 1 aliphatic carbocycles. The number of aryl methyl sites for hydroxylation is 1. The Morgan fingerprint density at radius 1 is 1.08 bits per heavy atom. The van der Waals surface area contributed by atoms with E-state index in [1.807, 2.05) is 31.2 Å². The molecule has 1 aliphatic rings. The van der Waals surface area contributed by atoms with Gasteiger partial charge < -0.3 is 10.6 Å². The summed E-state index contributed by atoms with van der Waals surface area (Å²) >= 11 is 0. The van der Waals surface area contributed by atoms with Crippen LogP contribution in [0.4, 0.5) is 17.5 Å². The van der Waals surface area contributed by atoms with E-state index in [-0.39, 0.29) is 0 Å². The van der Waals surface area contributed by atoms with Crippen molar-refractivity contribution in [2.24, 2.45) is 0 Å². The van der Waals surface area contributed by atoms with Gasteiger partial charge in [-0.2, -0.15) is 10.2 Å². The van der Waals surface area contributed by atoms with Gasteiger partial charge >= 0.3 is 0 Å². The van der Waals surface area contributed by atoms with E-state index >= 15 is 0 Å². The van der Waals surface area contributed by atoms with Gasteiger partial charge in [0, 0.05) is 17.8 Å². The van der Waals surface area contributed by atoms with Crippen LogP contribution in [0.25, 0.3) is 0 Å². The number of rotatable bonds is 4. The Bertz CT molecular complexity index is 727. The first-order valence-corrected chi connectivity index (χ1v) is 8.63. The number of hydrogen-bond donors (Lipinski definition) is 2. The van der Waals surface area contributed by atoms with Crippen LogP contribution in [-0.2, 0) is 0 Å². The molecule has 3 rings (SSSR count). The minimum absolute atomic E-state index is 0.452.